The molecule has 0 bridgehead atoms. The Labute approximate surface area is 348 Å². The highest BCUT2D eigenvalue weighted by atomic mass is 16.6. The standard InChI is InChI=1S/C49H81NO7/c1-6-8-10-12-14-16-18-20-22-23-24-25-26-28-30-32-34-36-38-40-48(52)57-45(43-55-42-41-46(49(53)54)50(3,4)5)44-56-47(51)39-37-35-33-31-29-27-21-19-17-15-13-11-9-7-2/h8,10,14,16,20,22,24-25,27-30,34,36,45-46H,6-7,9,11-13,15,17-19,21,23,26,31-33,35,37-44H2,1-5H3/p+1/b10-8+,16-14+,22-20+,25-24+,29-27+,30-28+,36-34+. The number of carbonyl (C=O) groups is 3. The minimum Gasteiger partial charge on any atom is -0.477 e. The number of rotatable bonds is 38. The molecule has 0 amide bonds. The van der Waals surface area contributed by atoms with Gasteiger partial charge in [0.2, 0.25) is 0 Å². The molecule has 0 spiro atoms. The van der Waals surface area contributed by atoms with Gasteiger partial charge in [0, 0.05) is 19.3 Å². The van der Waals surface area contributed by atoms with Crippen molar-refractivity contribution in [1.82, 2.24) is 0 Å². The Kier molecular flexibility index (Phi) is 36.9. The van der Waals surface area contributed by atoms with E-state index in [-0.39, 0.29) is 36.7 Å². The zero-order valence-corrected chi connectivity index (χ0v) is 36.8. The first-order valence-electron chi connectivity index (χ1n) is 22.1. The molecule has 8 heteroatoms. The van der Waals surface area contributed by atoms with Gasteiger partial charge < -0.3 is 23.8 Å². The molecule has 1 N–H and O–H groups in total. The van der Waals surface area contributed by atoms with Crippen LogP contribution >= 0.6 is 0 Å². The minimum atomic E-state index is -0.892. The monoisotopic (exact) mass is 797 g/mol. The molecule has 8 nitrogen and oxygen atoms in total. The maximum Gasteiger partial charge on any atom is 0.362 e. The van der Waals surface area contributed by atoms with Crippen LogP contribution in [0.5, 0.6) is 0 Å². The number of carbonyl (C=O) groups excluding carboxylic acids is 2. The molecule has 0 aromatic heterocycles. The van der Waals surface area contributed by atoms with Gasteiger partial charge in [-0.3, -0.25) is 9.59 Å². The van der Waals surface area contributed by atoms with Crippen LogP contribution in [0.4, 0.5) is 0 Å². The topological polar surface area (TPSA) is 99.1 Å². The third kappa shape index (κ3) is 37.8. The summed E-state index contributed by atoms with van der Waals surface area (Å²) in [5, 5.41) is 9.61. The van der Waals surface area contributed by atoms with Gasteiger partial charge in [-0.1, -0.05) is 144 Å². The molecule has 0 aromatic carbocycles. The third-order valence-electron chi connectivity index (χ3n) is 9.29. The van der Waals surface area contributed by atoms with E-state index in [0.29, 0.717) is 19.3 Å². The van der Waals surface area contributed by atoms with E-state index in [2.05, 4.69) is 86.8 Å². The van der Waals surface area contributed by atoms with Crippen molar-refractivity contribution in [2.24, 2.45) is 0 Å². The van der Waals surface area contributed by atoms with Crippen LogP contribution in [0.2, 0.25) is 0 Å². The van der Waals surface area contributed by atoms with Crippen molar-refractivity contribution in [3.05, 3.63) is 85.1 Å². The molecule has 2 unspecified atom stereocenters. The van der Waals surface area contributed by atoms with Crippen LogP contribution in [0.3, 0.4) is 0 Å². The van der Waals surface area contributed by atoms with Crippen LogP contribution in [0, 0.1) is 0 Å². The first-order valence-corrected chi connectivity index (χ1v) is 22.1. The maximum absolute atomic E-state index is 12.7. The number of quaternary nitrogens is 1. The molecule has 57 heavy (non-hydrogen) atoms. The summed E-state index contributed by atoms with van der Waals surface area (Å²) in [5.74, 6) is -1.61. The highest BCUT2D eigenvalue weighted by molar-refractivity contribution is 5.72. The first kappa shape index (κ1) is 53.5. The van der Waals surface area contributed by atoms with Crippen LogP contribution in [-0.4, -0.2) is 80.6 Å². The second-order valence-electron chi connectivity index (χ2n) is 15.6. The largest absolute Gasteiger partial charge is 0.477 e. The highest BCUT2D eigenvalue weighted by Crippen LogP contribution is 2.12. The fourth-order valence-corrected chi connectivity index (χ4v) is 5.87. The van der Waals surface area contributed by atoms with Crippen molar-refractivity contribution in [3.63, 3.8) is 0 Å². The smallest absolute Gasteiger partial charge is 0.362 e. The molecule has 0 rings (SSSR count). The fourth-order valence-electron chi connectivity index (χ4n) is 5.87. The predicted molar refractivity (Wildman–Crippen MR) is 238 cm³/mol. The Morgan fingerprint density at radius 2 is 1.02 bits per heavy atom. The van der Waals surface area contributed by atoms with Gasteiger partial charge in [0.15, 0.2) is 12.1 Å². The predicted octanol–water partition coefficient (Wildman–Crippen LogP) is 12.1. The molecule has 0 aliphatic heterocycles. The Morgan fingerprint density at radius 3 is 1.53 bits per heavy atom. The van der Waals surface area contributed by atoms with E-state index in [1.807, 2.05) is 33.3 Å². The van der Waals surface area contributed by atoms with Gasteiger partial charge in [-0.2, -0.15) is 0 Å². The molecule has 0 aliphatic carbocycles. The van der Waals surface area contributed by atoms with E-state index in [1.165, 1.54) is 44.9 Å². The van der Waals surface area contributed by atoms with Crippen LogP contribution < -0.4 is 0 Å². The molecule has 2 atom stereocenters. The summed E-state index contributed by atoms with van der Waals surface area (Å²) in [6.45, 7) is 4.50. The molecule has 324 valence electrons. The number of ether oxygens (including phenoxy) is 3. The van der Waals surface area contributed by atoms with Crippen LogP contribution in [-0.2, 0) is 28.6 Å². The van der Waals surface area contributed by atoms with Gasteiger partial charge in [0.25, 0.3) is 0 Å². The number of carboxylic acid groups (broad SMARTS) is 1. The Morgan fingerprint density at radius 1 is 0.544 bits per heavy atom. The molecule has 0 radical (unpaired) electrons. The molecule has 0 heterocycles. The molecule has 0 aliphatic rings. The summed E-state index contributed by atoms with van der Waals surface area (Å²) >= 11 is 0. The van der Waals surface area contributed by atoms with E-state index in [9.17, 15) is 19.5 Å². The number of aliphatic carboxylic acids is 1. The number of allylic oxidation sites excluding steroid dienone is 14. The van der Waals surface area contributed by atoms with E-state index >= 15 is 0 Å². The van der Waals surface area contributed by atoms with Gasteiger partial charge in [-0.05, 0) is 77.0 Å². The molecule has 0 fully saturated rings. The SMILES string of the molecule is CC/C=C/C/C=C/C/C=C/C/C=C/C/C=C/C/C=C/CCC(=O)OC(COCCC(C(=O)O)[N+](C)(C)C)COC(=O)CCCCC/C=C/CCCCCCCCC. The summed E-state index contributed by atoms with van der Waals surface area (Å²) < 4.78 is 17.2. The zero-order chi connectivity index (χ0) is 42.1. The van der Waals surface area contributed by atoms with Crippen molar-refractivity contribution < 1.29 is 38.2 Å². The second kappa shape index (κ2) is 39.3. The molecular formula is C49H82NO7+. The van der Waals surface area contributed by atoms with Crippen molar-refractivity contribution >= 4 is 17.9 Å². The normalized spacial score (nSPS) is 13.8. The first-order chi connectivity index (χ1) is 27.6. The average Bonchev–Trinajstić information content (AvgIpc) is 3.17. The van der Waals surface area contributed by atoms with E-state index in [4.69, 9.17) is 14.2 Å². The fraction of sp³-hybridized carbons (Fsp3) is 0.653. The third-order valence-corrected chi connectivity index (χ3v) is 9.29. The van der Waals surface area contributed by atoms with E-state index < -0.39 is 24.1 Å². The van der Waals surface area contributed by atoms with Crippen LogP contribution in [0.25, 0.3) is 0 Å². The van der Waals surface area contributed by atoms with E-state index in [0.717, 1.165) is 70.6 Å². The van der Waals surface area contributed by atoms with Gasteiger partial charge >= 0.3 is 17.9 Å². The quantitative estimate of drug-likeness (QED) is 0.0287. The van der Waals surface area contributed by atoms with Gasteiger partial charge in [0.1, 0.15) is 6.61 Å². The van der Waals surface area contributed by atoms with Gasteiger partial charge in [0.05, 0.1) is 34.4 Å². The summed E-state index contributed by atoms with van der Waals surface area (Å²) in [6.07, 6.45) is 50.7. The van der Waals surface area contributed by atoms with Crippen molar-refractivity contribution in [2.45, 2.75) is 167 Å². The number of esters is 2. The van der Waals surface area contributed by atoms with Gasteiger partial charge in [-0.25, -0.2) is 4.79 Å². The molecular weight excluding hydrogens is 715 g/mol. The minimum absolute atomic E-state index is 0.0214. The number of likely N-dealkylation sites (N-methyl/N-ethyl adjacent to an activating group) is 1. The van der Waals surface area contributed by atoms with Gasteiger partial charge in [-0.15, -0.1) is 0 Å². The lowest BCUT2D eigenvalue weighted by Crippen LogP contribution is -2.50. The summed E-state index contributed by atoms with van der Waals surface area (Å²) in [7, 11) is 5.49. The second-order valence-corrected chi connectivity index (χ2v) is 15.6. The van der Waals surface area contributed by atoms with Crippen molar-refractivity contribution in [2.75, 3.05) is 41.0 Å². The highest BCUT2D eigenvalue weighted by Gasteiger charge is 2.31. The lowest BCUT2D eigenvalue weighted by atomic mass is 10.1. The zero-order valence-electron chi connectivity index (χ0n) is 36.8. The van der Waals surface area contributed by atoms with Crippen LogP contribution in [0.15, 0.2) is 85.1 Å². The Bertz CT molecular complexity index is 1200. The maximum atomic E-state index is 12.7. The lowest BCUT2D eigenvalue weighted by Gasteiger charge is -2.31. The molecule has 0 aromatic rings. The van der Waals surface area contributed by atoms with Crippen molar-refractivity contribution in [1.29, 1.82) is 0 Å². The molecule has 0 saturated heterocycles. The summed E-state index contributed by atoms with van der Waals surface area (Å²) in [6, 6.07) is -0.634. The number of hydrogen-bond donors (Lipinski definition) is 1. The average molecular weight is 797 g/mol. The van der Waals surface area contributed by atoms with Crippen molar-refractivity contribution in [3.8, 4) is 0 Å². The number of unbranched alkanes of at least 4 members (excludes halogenated alkanes) is 10. The number of nitrogens with zero attached hydrogens (tertiary/aromatic N) is 1. The summed E-state index contributed by atoms with van der Waals surface area (Å²) in [5.41, 5.74) is 0. The summed E-state index contributed by atoms with van der Waals surface area (Å²) in [4.78, 5) is 36.9. The van der Waals surface area contributed by atoms with E-state index in [1.54, 1.807) is 0 Å². The lowest BCUT2D eigenvalue weighted by molar-refractivity contribution is -0.887. The Balaban J connectivity index is 4.52. The Hall–Kier alpha value is -3.49. The number of carboxylic acids is 1. The van der Waals surface area contributed by atoms with Crippen LogP contribution in [0.1, 0.15) is 155 Å². The molecule has 0 saturated carbocycles. The number of hydrogen-bond acceptors (Lipinski definition) is 6.